The van der Waals surface area contributed by atoms with Crippen molar-refractivity contribution in [2.45, 2.75) is 44.7 Å². The van der Waals surface area contributed by atoms with Gasteiger partial charge in [0, 0.05) is 16.6 Å². The van der Waals surface area contributed by atoms with E-state index in [1.54, 1.807) is 0 Å². The van der Waals surface area contributed by atoms with Gasteiger partial charge in [-0.25, -0.2) is 0 Å². The molecule has 2 fully saturated rings. The summed E-state index contributed by atoms with van der Waals surface area (Å²) in [6, 6.07) is 10.2. The zero-order valence-corrected chi connectivity index (χ0v) is 13.9. The largest absolute Gasteiger partial charge is 0.314 e. The minimum absolute atomic E-state index is 0.542. The van der Waals surface area contributed by atoms with Crippen LogP contribution in [0.5, 0.6) is 0 Å². The van der Waals surface area contributed by atoms with Crippen LogP contribution in [0.1, 0.15) is 44.2 Å². The van der Waals surface area contributed by atoms with Gasteiger partial charge in [0.25, 0.3) is 0 Å². The second-order valence-corrected chi connectivity index (χ2v) is 7.22. The summed E-state index contributed by atoms with van der Waals surface area (Å²) in [4.78, 5) is 2.65. The van der Waals surface area contributed by atoms with Gasteiger partial charge in [-0.1, -0.05) is 28.1 Å². The Bertz CT molecular complexity index is 417. The lowest BCUT2D eigenvalue weighted by Crippen LogP contribution is -2.41. The molecule has 0 amide bonds. The van der Waals surface area contributed by atoms with Crippen LogP contribution in [0.3, 0.4) is 0 Å². The number of likely N-dealkylation sites (tertiary alicyclic amines) is 1. The monoisotopic (exact) mass is 336 g/mol. The molecule has 0 aromatic heterocycles. The Labute approximate surface area is 131 Å². The molecule has 1 aromatic carbocycles. The van der Waals surface area contributed by atoms with Crippen molar-refractivity contribution in [2.75, 3.05) is 19.6 Å². The van der Waals surface area contributed by atoms with Crippen molar-refractivity contribution in [3.8, 4) is 0 Å². The van der Waals surface area contributed by atoms with Crippen LogP contribution in [-0.2, 0) is 0 Å². The Hall–Kier alpha value is -0.380. The van der Waals surface area contributed by atoms with Gasteiger partial charge >= 0.3 is 0 Å². The van der Waals surface area contributed by atoms with Crippen LogP contribution >= 0.6 is 15.9 Å². The van der Waals surface area contributed by atoms with Gasteiger partial charge in [0.15, 0.2) is 0 Å². The van der Waals surface area contributed by atoms with E-state index in [9.17, 15) is 0 Å². The first-order valence-corrected chi connectivity index (χ1v) is 8.76. The molecule has 1 aromatic rings. The first-order chi connectivity index (χ1) is 9.74. The van der Waals surface area contributed by atoms with E-state index in [1.807, 2.05) is 0 Å². The number of benzene rings is 1. The quantitative estimate of drug-likeness (QED) is 0.898. The Kier molecular flexibility index (Phi) is 4.79. The number of nitrogens with zero attached hydrogens (tertiary/aromatic N) is 1. The van der Waals surface area contributed by atoms with Crippen LogP contribution in [0.2, 0.25) is 0 Å². The maximum atomic E-state index is 3.68. The molecule has 2 atom stereocenters. The minimum atomic E-state index is 0.542. The van der Waals surface area contributed by atoms with E-state index in [2.05, 4.69) is 57.3 Å². The van der Waals surface area contributed by atoms with Crippen LogP contribution in [0, 0.1) is 5.92 Å². The van der Waals surface area contributed by atoms with E-state index in [1.165, 1.54) is 55.4 Å². The molecule has 1 N–H and O–H groups in total. The second kappa shape index (κ2) is 6.59. The van der Waals surface area contributed by atoms with E-state index in [-0.39, 0.29) is 0 Å². The van der Waals surface area contributed by atoms with Crippen LogP contribution in [0.25, 0.3) is 0 Å². The highest BCUT2D eigenvalue weighted by atomic mass is 79.9. The molecule has 2 heterocycles. The molecule has 2 aliphatic rings. The summed E-state index contributed by atoms with van der Waals surface area (Å²) in [5.41, 5.74) is 1.44. The average Bonchev–Trinajstić information content (AvgIpc) is 3.02. The third-order valence-corrected chi connectivity index (χ3v) is 5.67. The van der Waals surface area contributed by atoms with Crippen molar-refractivity contribution in [1.82, 2.24) is 10.2 Å². The van der Waals surface area contributed by atoms with Crippen LogP contribution in [0.15, 0.2) is 28.7 Å². The number of hydrogen-bond acceptors (Lipinski definition) is 2. The van der Waals surface area contributed by atoms with Crippen molar-refractivity contribution in [2.24, 2.45) is 5.92 Å². The van der Waals surface area contributed by atoms with Crippen molar-refractivity contribution in [3.63, 3.8) is 0 Å². The average molecular weight is 337 g/mol. The molecule has 0 radical (unpaired) electrons. The van der Waals surface area contributed by atoms with Gasteiger partial charge in [0.05, 0.1) is 0 Å². The van der Waals surface area contributed by atoms with Gasteiger partial charge in [-0.2, -0.15) is 0 Å². The van der Waals surface area contributed by atoms with E-state index in [0.717, 1.165) is 12.0 Å². The van der Waals surface area contributed by atoms with Gasteiger partial charge in [0.2, 0.25) is 0 Å². The zero-order valence-electron chi connectivity index (χ0n) is 12.3. The predicted octanol–water partition coefficient (Wildman–Crippen LogP) is 3.97. The molecule has 2 aliphatic heterocycles. The number of hydrogen-bond donors (Lipinski definition) is 1. The van der Waals surface area contributed by atoms with Gasteiger partial charge in [-0.15, -0.1) is 0 Å². The van der Waals surface area contributed by atoms with Crippen molar-refractivity contribution < 1.29 is 0 Å². The number of nitrogens with one attached hydrogen (secondary N) is 1. The van der Waals surface area contributed by atoms with E-state index < -0.39 is 0 Å². The normalized spacial score (nSPS) is 26.8. The third-order valence-electron chi connectivity index (χ3n) is 5.14. The predicted molar refractivity (Wildman–Crippen MR) is 87.9 cm³/mol. The fourth-order valence-corrected chi connectivity index (χ4v) is 4.04. The standard InChI is InChI=1S/C17H25BrN2/c1-13(14-4-6-16(18)7-5-14)20-11-8-15(9-12-20)17-3-2-10-19-17/h4-7,13,15,17,19H,2-3,8-12H2,1H3. The molecule has 0 saturated carbocycles. The van der Waals surface area contributed by atoms with Crippen molar-refractivity contribution in [3.05, 3.63) is 34.3 Å². The van der Waals surface area contributed by atoms with E-state index >= 15 is 0 Å². The molecule has 0 bridgehead atoms. The molecule has 2 nitrogen and oxygen atoms in total. The van der Waals surface area contributed by atoms with Gasteiger partial charge in [0.1, 0.15) is 0 Å². The van der Waals surface area contributed by atoms with Gasteiger partial charge in [-0.05, 0) is 75.9 Å². The summed E-state index contributed by atoms with van der Waals surface area (Å²) < 4.78 is 1.17. The van der Waals surface area contributed by atoms with Crippen LogP contribution in [0.4, 0.5) is 0 Å². The fourth-order valence-electron chi connectivity index (χ4n) is 3.78. The molecular weight excluding hydrogens is 312 g/mol. The van der Waals surface area contributed by atoms with Crippen molar-refractivity contribution in [1.29, 1.82) is 0 Å². The number of halogens is 1. The number of rotatable bonds is 3. The Morgan fingerprint density at radius 3 is 2.45 bits per heavy atom. The van der Waals surface area contributed by atoms with Crippen molar-refractivity contribution >= 4 is 15.9 Å². The molecule has 3 heteroatoms. The van der Waals surface area contributed by atoms with Gasteiger partial charge < -0.3 is 5.32 Å². The zero-order chi connectivity index (χ0) is 13.9. The fraction of sp³-hybridized carbons (Fsp3) is 0.647. The molecule has 2 unspecified atom stereocenters. The topological polar surface area (TPSA) is 15.3 Å². The second-order valence-electron chi connectivity index (χ2n) is 6.30. The SMILES string of the molecule is CC(c1ccc(Br)cc1)N1CCC(C2CCCN2)CC1. The lowest BCUT2D eigenvalue weighted by molar-refractivity contribution is 0.126. The summed E-state index contributed by atoms with van der Waals surface area (Å²) >= 11 is 3.52. The Morgan fingerprint density at radius 2 is 1.85 bits per heavy atom. The molecule has 0 aliphatic carbocycles. The molecular formula is C17H25BrN2. The smallest absolute Gasteiger partial charge is 0.0319 e. The maximum Gasteiger partial charge on any atom is 0.0319 e. The highest BCUT2D eigenvalue weighted by Gasteiger charge is 2.29. The first-order valence-electron chi connectivity index (χ1n) is 7.97. The molecule has 3 rings (SSSR count). The highest BCUT2D eigenvalue weighted by molar-refractivity contribution is 9.10. The van der Waals surface area contributed by atoms with E-state index in [0.29, 0.717) is 6.04 Å². The Morgan fingerprint density at radius 1 is 1.15 bits per heavy atom. The summed E-state index contributed by atoms with van der Waals surface area (Å²) in [6.07, 6.45) is 5.49. The maximum absolute atomic E-state index is 3.68. The minimum Gasteiger partial charge on any atom is -0.314 e. The molecule has 0 spiro atoms. The molecule has 2 saturated heterocycles. The van der Waals surface area contributed by atoms with Crippen LogP contribution in [-0.4, -0.2) is 30.6 Å². The lowest BCUT2D eigenvalue weighted by atomic mass is 9.87. The summed E-state index contributed by atoms with van der Waals surface area (Å²) in [7, 11) is 0. The summed E-state index contributed by atoms with van der Waals surface area (Å²) in [5, 5.41) is 3.68. The summed E-state index contributed by atoms with van der Waals surface area (Å²) in [5.74, 6) is 0.908. The lowest BCUT2D eigenvalue weighted by Gasteiger charge is -2.38. The Balaban J connectivity index is 1.55. The summed E-state index contributed by atoms with van der Waals surface area (Å²) in [6.45, 7) is 6.08. The third kappa shape index (κ3) is 3.26. The van der Waals surface area contributed by atoms with Crippen LogP contribution < -0.4 is 5.32 Å². The first kappa shape index (κ1) is 14.6. The van der Waals surface area contributed by atoms with Gasteiger partial charge in [-0.3, -0.25) is 4.90 Å². The number of piperidine rings is 1. The highest BCUT2D eigenvalue weighted by Crippen LogP contribution is 2.30. The van der Waals surface area contributed by atoms with E-state index in [4.69, 9.17) is 0 Å². The molecule has 110 valence electrons. The molecule has 20 heavy (non-hydrogen) atoms.